The third kappa shape index (κ3) is 4.93. The summed E-state index contributed by atoms with van der Waals surface area (Å²) >= 11 is 1.44. The quantitative estimate of drug-likeness (QED) is 0.335. The monoisotopic (exact) mass is 466 g/mol. The van der Waals surface area contributed by atoms with Crippen LogP contribution in [0.15, 0.2) is 59.9 Å². The van der Waals surface area contributed by atoms with Gasteiger partial charge in [-0.25, -0.2) is 23.5 Å². The first kappa shape index (κ1) is 22.6. The molecule has 0 bridgehead atoms. The molecule has 0 unspecified atom stereocenters. The lowest BCUT2D eigenvalue weighted by atomic mass is 10.1. The average Bonchev–Trinajstić information content (AvgIpc) is 2.81. The van der Waals surface area contributed by atoms with Crippen LogP contribution >= 0.6 is 11.8 Å². The highest BCUT2D eigenvalue weighted by atomic mass is 32.2. The van der Waals surface area contributed by atoms with Crippen molar-refractivity contribution in [3.8, 4) is 11.3 Å². The minimum atomic E-state index is -0.980. The van der Waals surface area contributed by atoms with Crippen molar-refractivity contribution in [2.75, 3.05) is 17.6 Å². The SMILES string of the molecule is CCSc1cc(-c2cc(NCCc3c(F)cc4ncccc4c3F)ncn2)ccc1C(=O)O. The number of nitrogens with zero attached hydrogens (tertiary/aromatic N) is 3. The van der Waals surface area contributed by atoms with Crippen LogP contribution in [-0.2, 0) is 6.42 Å². The molecular weight excluding hydrogens is 446 g/mol. The molecule has 0 saturated heterocycles. The van der Waals surface area contributed by atoms with Gasteiger partial charge >= 0.3 is 5.97 Å². The smallest absolute Gasteiger partial charge is 0.336 e. The molecule has 4 aromatic rings. The topological polar surface area (TPSA) is 88.0 Å². The second kappa shape index (κ2) is 9.91. The average molecular weight is 467 g/mol. The van der Waals surface area contributed by atoms with E-state index >= 15 is 0 Å². The molecule has 2 aromatic carbocycles. The molecule has 0 atom stereocenters. The number of carboxylic acid groups (broad SMARTS) is 1. The number of anilines is 1. The maximum Gasteiger partial charge on any atom is 0.336 e. The molecule has 0 aliphatic heterocycles. The Morgan fingerprint density at radius 2 is 1.97 bits per heavy atom. The maximum atomic E-state index is 14.8. The van der Waals surface area contributed by atoms with Gasteiger partial charge in [-0.2, -0.15) is 0 Å². The minimum Gasteiger partial charge on any atom is -0.478 e. The van der Waals surface area contributed by atoms with Crippen LogP contribution in [0.2, 0.25) is 0 Å². The van der Waals surface area contributed by atoms with Gasteiger partial charge in [0, 0.05) is 46.3 Å². The molecule has 6 nitrogen and oxygen atoms in total. The number of aromatic nitrogens is 3. The number of thioether (sulfide) groups is 1. The molecule has 9 heteroatoms. The van der Waals surface area contributed by atoms with E-state index in [4.69, 9.17) is 0 Å². The van der Waals surface area contributed by atoms with Gasteiger partial charge in [-0.3, -0.25) is 4.98 Å². The van der Waals surface area contributed by atoms with E-state index in [-0.39, 0.29) is 35.0 Å². The fourth-order valence-electron chi connectivity index (χ4n) is 3.48. The summed E-state index contributed by atoms with van der Waals surface area (Å²) in [4.78, 5) is 24.6. The number of carboxylic acids is 1. The normalized spacial score (nSPS) is 11.0. The summed E-state index contributed by atoms with van der Waals surface area (Å²) in [5.41, 5.74) is 1.87. The number of nitrogens with one attached hydrogen (secondary N) is 1. The van der Waals surface area contributed by atoms with E-state index in [0.717, 1.165) is 11.3 Å². The predicted octanol–water partition coefficient (Wildman–Crippen LogP) is 5.43. The zero-order valence-corrected chi connectivity index (χ0v) is 18.5. The number of benzene rings is 2. The van der Waals surface area contributed by atoms with Crippen LogP contribution in [0.1, 0.15) is 22.8 Å². The van der Waals surface area contributed by atoms with Crippen LogP contribution in [0, 0.1) is 11.6 Å². The first-order chi connectivity index (χ1) is 16.0. The summed E-state index contributed by atoms with van der Waals surface area (Å²) in [6.07, 6.45) is 3.00. The predicted molar refractivity (Wildman–Crippen MR) is 125 cm³/mol. The molecule has 0 fully saturated rings. The molecule has 2 heterocycles. The Bertz CT molecular complexity index is 1330. The van der Waals surface area contributed by atoms with Crippen molar-refractivity contribution in [1.29, 1.82) is 0 Å². The lowest BCUT2D eigenvalue weighted by Crippen LogP contribution is -2.09. The van der Waals surface area contributed by atoms with Gasteiger partial charge in [-0.15, -0.1) is 11.8 Å². The molecule has 168 valence electrons. The molecule has 0 aliphatic rings. The van der Waals surface area contributed by atoms with Gasteiger partial charge in [0.05, 0.1) is 16.8 Å². The lowest BCUT2D eigenvalue weighted by Gasteiger charge is -2.11. The van der Waals surface area contributed by atoms with E-state index < -0.39 is 17.6 Å². The van der Waals surface area contributed by atoms with Crippen molar-refractivity contribution < 1.29 is 18.7 Å². The number of rotatable bonds is 8. The van der Waals surface area contributed by atoms with Gasteiger partial charge in [0.15, 0.2) is 0 Å². The number of carbonyl (C=O) groups is 1. The van der Waals surface area contributed by atoms with Gasteiger partial charge in [-0.05, 0) is 36.4 Å². The standard InChI is InChI=1S/C24H20F2N4O2S/c1-2-33-21-10-14(5-6-17(21)24(31)32)19-12-22(30-13-29-19)28-9-7-15-18(25)11-20-16(23(15)26)4-3-8-27-20/h3-6,8,10-13H,2,7,9H2,1H3,(H,31,32)(H,28,29,30). The molecule has 0 radical (unpaired) electrons. The van der Waals surface area contributed by atoms with Gasteiger partial charge < -0.3 is 10.4 Å². The van der Waals surface area contributed by atoms with Gasteiger partial charge in [0.2, 0.25) is 0 Å². The van der Waals surface area contributed by atoms with Gasteiger partial charge in [-0.1, -0.05) is 13.0 Å². The van der Waals surface area contributed by atoms with E-state index in [1.54, 1.807) is 36.4 Å². The summed E-state index contributed by atoms with van der Waals surface area (Å²) in [7, 11) is 0. The third-order valence-electron chi connectivity index (χ3n) is 5.05. The Labute approximate surface area is 193 Å². The van der Waals surface area contributed by atoms with Crippen molar-refractivity contribution in [3.63, 3.8) is 0 Å². The first-order valence-corrected chi connectivity index (χ1v) is 11.2. The Kier molecular flexibility index (Phi) is 6.79. The van der Waals surface area contributed by atoms with E-state index in [9.17, 15) is 18.7 Å². The number of fused-ring (bicyclic) bond motifs is 1. The van der Waals surface area contributed by atoms with Crippen LogP contribution < -0.4 is 5.32 Å². The molecular formula is C24H20F2N4O2S. The number of pyridine rings is 1. The summed E-state index contributed by atoms with van der Waals surface area (Å²) in [6.45, 7) is 2.21. The summed E-state index contributed by atoms with van der Waals surface area (Å²) in [5, 5.41) is 12.7. The summed E-state index contributed by atoms with van der Waals surface area (Å²) in [6, 6.07) is 11.2. The Morgan fingerprint density at radius 3 is 2.76 bits per heavy atom. The zero-order chi connectivity index (χ0) is 23.4. The molecule has 4 rings (SSSR count). The number of hydrogen-bond acceptors (Lipinski definition) is 6. The maximum absolute atomic E-state index is 14.8. The molecule has 0 amide bonds. The van der Waals surface area contributed by atoms with Crippen LogP contribution in [0.4, 0.5) is 14.6 Å². The highest BCUT2D eigenvalue weighted by molar-refractivity contribution is 7.99. The van der Waals surface area contributed by atoms with Crippen molar-refractivity contribution in [3.05, 3.63) is 77.8 Å². The summed E-state index contributed by atoms with van der Waals surface area (Å²) in [5.74, 6) is -0.994. The minimum absolute atomic E-state index is 0.0113. The molecule has 33 heavy (non-hydrogen) atoms. The van der Waals surface area contributed by atoms with Crippen molar-refractivity contribution >= 4 is 34.5 Å². The van der Waals surface area contributed by atoms with Crippen LogP contribution in [0.5, 0.6) is 0 Å². The van der Waals surface area contributed by atoms with Crippen molar-refractivity contribution in [2.45, 2.75) is 18.2 Å². The van der Waals surface area contributed by atoms with E-state index in [1.165, 1.54) is 30.4 Å². The van der Waals surface area contributed by atoms with Crippen LogP contribution in [0.25, 0.3) is 22.2 Å². The number of hydrogen-bond donors (Lipinski definition) is 2. The molecule has 0 aliphatic carbocycles. The lowest BCUT2D eigenvalue weighted by molar-refractivity contribution is 0.0693. The van der Waals surface area contributed by atoms with Gasteiger partial charge in [0.1, 0.15) is 23.8 Å². The van der Waals surface area contributed by atoms with Gasteiger partial charge in [0.25, 0.3) is 0 Å². The highest BCUT2D eigenvalue weighted by Gasteiger charge is 2.15. The van der Waals surface area contributed by atoms with E-state index in [1.807, 2.05) is 6.92 Å². The Hall–Kier alpha value is -3.59. The van der Waals surface area contributed by atoms with E-state index in [2.05, 4.69) is 20.3 Å². The third-order valence-corrected chi connectivity index (χ3v) is 5.98. The highest BCUT2D eigenvalue weighted by Crippen LogP contribution is 2.29. The zero-order valence-electron chi connectivity index (χ0n) is 17.7. The largest absolute Gasteiger partial charge is 0.478 e. The number of aromatic carboxylic acids is 1. The fourth-order valence-corrected chi connectivity index (χ4v) is 4.31. The molecule has 0 saturated carbocycles. The van der Waals surface area contributed by atoms with Crippen molar-refractivity contribution in [1.82, 2.24) is 15.0 Å². The summed E-state index contributed by atoms with van der Waals surface area (Å²) < 4.78 is 29.2. The molecule has 2 N–H and O–H groups in total. The molecule has 0 spiro atoms. The van der Waals surface area contributed by atoms with Crippen LogP contribution in [0.3, 0.4) is 0 Å². The second-order valence-corrected chi connectivity index (χ2v) is 8.44. The Balaban J connectivity index is 1.51. The van der Waals surface area contributed by atoms with Crippen LogP contribution in [-0.4, -0.2) is 38.3 Å². The fraction of sp³-hybridized carbons (Fsp3) is 0.167. The Morgan fingerprint density at radius 1 is 1.12 bits per heavy atom. The van der Waals surface area contributed by atoms with Crippen molar-refractivity contribution in [2.24, 2.45) is 0 Å². The molecule has 2 aromatic heterocycles. The van der Waals surface area contributed by atoms with E-state index in [0.29, 0.717) is 16.4 Å². The number of halogens is 2. The first-order valence-electron chi connectivity index (χ1n) is 10.3. The second-order valence-electron chi connectivity index (χ2n) is 7.14.